The Labute approximate surface area is 280 Å². The van der Waals surface area contributed by atoms with Gasteiger partial charge in [-0.25, -0.2) is 19.6 Å². The fourth-order valence-corrected chi connectivity index (χ4v) is 6.06. The molecule has 2 atom stereocenters. The molecule has 0 saturated carbocycles. The number of aromatic nitrogens is 4. The molecule has 0 radical (unpaired) electrons. The molecule has 0 aliphatic carbocycles. The average molecular weight is 663 g/mol. The maximum Gasteiger partial charge on any atom is 0.410 e. The molecular weight excluding hydrogens is 616 g/mol. The maximum atomic E-state index is 13.2. The van der Waals surface area contributed by atoms with Gasteiger partial charge in [0, 0.05) is 38.6 Å². The summed E-state index contributed by atoms with van der Waals surface area (Å²) in [6.45, 7) is 12.1. The van der Waals surface area contributed by atoms with E-state index in [9.17, 15) is 19.2 Å². The highest BCUT2D eigenvalue weighted by Gasteiger charge is 2.37. The van der Waals surface area contributed by atoms with Crippen LogP contribution >= 0.6 is 0 Å². The lowest BCUT2D eigenvalue weighted by molar-refractivity contribution is 0.0206. The van der Waals surface area contributed by atoms with Crippen LogP contribution in [0.15, 0.2) is 36.7 Å². The lowest BCUT2D eigenvalue weighted by atomic mass is 10.2. The third-order valence-electron chi connectivity index (χ3n) is 8.27. The Hall–Kier alpha value is -4.88. The summed E-state index contributed by atoms with van der Waals surface area (Å²) in [5.41, 5.74) is 0.529. The van der Waals surface area contributed by atoms with E-state index in [-0.39, 0.29) is 23.9 Å². The van der Waals surface area contributed by atoms with Crippen LogP contribution in [0, 0.1) is 0 Å². The fourth-order valence-electron chi connectivity index (χ4n) is 6.06. The Morgan fingerprint density at radius 2 is 1.02 bits per heavy atom. The van der Waals surface area contributed by atoms with Crippen molar-refractivity contribution in [2.75, 3.05) is 23.7 Å². The van der Waals surface area contributed by atoms with Crippen molar-refractivity contribution in [2.24, 2.45) is 14.1 Å². The van der Waals surface area contributed by atoms with Crippen LogP contribution in [0.3, 0.4) is 0 Å². The summed E-state index contributed by atoms with van der Waals surface area (Å²) in [4.78, 5) is 64.3. The smallest absolute Gasteiger partial charge is 0.410 e. The van der Waals surface area contributed by atoms with Gasteiger partial charge in [-0.05, 0) is 91.5 Å². The van der Waals surface area contributed by atoms with Gasteiger partial charge >= 0.3 is 12.2 Å². The molecule has 48 heavy (non-hydrogen) atoms. The summed E-state index contributed by atoms with van der Waals surface area (Å²) in [6.07, 6.45) is 5.30. The molecule has 14 heteroatoms. The second kappa shape index (κ2) is 13.3. The van der Waals surface area contributed by atoms with Crippen LogP contribution in [0.5, 0.6) is 0 Å². The first-order chi connectivity index (χ1) is 22.5. The topological polar surface area (TPSA) is 153 Å². The van der Waals surface area contributed by atoms with Crippen LogP contribution in [-0.4, -0.2) is 77.2 Å². The Morgan fingerprint density at radius 3 is 1.35 bits per heavy atom. The highest BCUT2D eigenvalue weighted by Crippen LogP contribution is 2.34. The first kappa shape index (κ1) is 34.5. The molecular formula is C34H46N8O6. The van der Waals surface area contributed by atoms with Crippen LogP contribution in [0.25, 0.3) is 0 Å². The van der Waals surface area contributed by atoms with E-state index < -0.39 is 23.4 Å². The highest BCUT2D eigenvalue weighted by molar-refractivity contribution is 6.04. The Balaban J connectivity index is 1.20. The Kier molecular flexibility index (Phi) is 9.56. The number of nitrogens with zero attached hydrogens (tertiary/aromatic N) is 6. The molecule has 4 amide bonds. The molecule has 2 aliphatic rings. The average Bonchev–Trinajstić information content (AvgIpc) is 3.78. The van der Waals surface area contributed by atoms with Gasteiger partial charge in [0.2, 0.25) is 0 Å². The highest BCUT2D eigenvalue weighted by atomic mass is 16.6. The summed E-state index contributed by atoms with van der Waals surface area (Å²) in [6, 6.07) is 6.20. The summed E-state index contributed by atoms with van der Waals surface area (Å²) in [5, 5.41) is 5.75. The number of nitrogens with one attached hydrogen (secondary N) is 2. The molecule has 2 aromatic heterocycles. The molecule has 0 spiro atoms. The number of ether oxygens (including phenoxy) is 2. The summed E-state index contributed by atoms with van der Waals surface area (Å²) in [7, 11) is 3.51. The van der Waals surface area contributed by atoms with Crippen LogP contribution in [0.1, 0.15) is 112 Å². The molecule has 0 bridgehead atoms. The number of hydrogen-bond donors (Lipinski definition) is 2. The summed E-state index contributed by atoms with van der Waals surface area (Å²) >= 11 is 0. The minimum Gasteiger partial charge on any atom is -0.444 e. The minimum absolute atomic E-state index is 0.285. The number of carbonyl (C=O) groups excluding carboxylic acids is 4. The van der Waals surface area contributed by atoms with Crippen molar-refractivity contribution >= 4 is 35.4 Å². The third-order valence-corrected chi connectivity index (χ3v) is 8.27. The molecule has 14 nitrogen and oxygen atoms in total. The molecule has 2 aliphatic heterocycles. The zero-order valence-electron chi connectivity index (χ0n) is 29.0. The third kappa shape index (κ3) is 7.63. The largest absolute Gasteiger partial charge is 0.444 e. The summed E-state index contributed by atoms with van der Waals surface area (Å²) < 4.78 is 14.6. The van der Waals surface area contributed by atoms with Crippen molar-refractivity contribution in [3.63, 3.8) is 0 Å². The van der Waals surface area contributed by atoms with Crippen molar-refractivity contribution in [1.82, 2.24) is 28.9 Å². The van der Waals surface area contributed by atoms with E-state index in [1.165, 1.54) is 12.4 Å². The lowest BCUT2D eigenvalue weighted by Gasteiger charge is -2.28. The van der Waals surface area contributed by atoms with Crippen LogP contribution in [-0.2, 0) is 23.6 Å². The van der Waals surface area contributed by atoms with Gasteiger partial charge < -0.3 is 29.2 Å². The van der Waals surface area contributed by atoms with Crippen molar-refractivity contribution in [3.8, 4) is 0 Å². The minimum atomic E-state index is -0.612. The molecule has 2 fully saturated rings. The number of likely N-dealkylation sites (tertiary alicyclic amines) is 2. The van der Waals surface area contributed by atoms with Crippen molar-refractivity contribution in [1.29, 1.82) is 0 Å². The SMILES string of the molecule is Cn1c(C(=O)Nc2ccc(NC(=O)c3cnc(C4CCCN4C(=O)OC(C)(C)C)n3C)cc2)cnc1C1CCCN1C(=O)OC(C)(C)C. The van der Waals surface area contributed by atoms with Crippen molar-refractivity contribution < 1.29 is 28.7 Å². The molecule has 1 aromatic carbocycles. The maximum absolute atomic E-state index is 13.2. The van der Waals surface area contributed by atoms with E-state index in [0.717, 1.165) is 25.7 Å². The number of benzene rings is 1. The predicted molar refractivity (Wildman–Crippen MR) is 179 cm³/mol. The zero-order valence-corrected chi connectivity index (χ0v) is 29.0. The normalized spacial score (nSPS) is 18.2. The molecule has 2 saturated heterocycles. The second-order valence-corrected chi connectivity index (χ2v) is 14.3. The standard InChI is InChI=1S/C34H46N8O6/c1-33(2,3)47-31(45)41-17-9-11-23(41)27-35-19-25(39(27)7)29(43)37-21-13-15-22(16-14-21)38-30(44)26-20-36-28(40(26)8)24-12-10-18-42(24)32(46)48-34(4,5)6/h13-16,19-20,23-24H,9-12,17-18H2,1-8H3,(H,37,43)(H,38,44). The van der Waals surface area contributed by atoms with Gasteiger partial charge in [0.1, 0.15) is 34.2 Å². The number of carbonyl (C=O) groups is 4. The van der Waals surface area contributed by atoms with Gasteiger partial charge in [-0.2, -0.15) is 0 Å². The van der Waals surface area contributed by atoms with Crippen molar-refractivity contribution in [3.05, 3.63) is 59.7 Å². The van der Waals surface area contributed by atoms with Crippen LogP contribution < -0.4 is 10.6 Å². The first-order valence-electron chi connectivity index (χ1n) is 16.3. The van der Waals surface area contributed by atoms with Crippen molar-refractivity contribution in [2.45, 2.75) is 90.5 Å². The van der Waals surface area contributed by atoms with E-state index >= 15 is 0 Å². The van der Waals surface area contributed by atoms with Gasteiger partial charge in [0.25, 0.3) is 11.8 Å². The molecule has 3 aromatic rings. The van der Waals surface area contributed by atoms with E-state index in [2.05, 4.69) is 20.6 Å². The quantitative estimate of drug-likeness (QED) is 0.336. The fraction of sp³-hybridized carbons (Fsp3) is 0.529. The number of hydrogen-bond acceptors (Lipinski definition) is 8. The molecule has 258 valence electrons. The van der Waals surface area contributed by atoms with E-state index in [1.807, 2.05) is 41.5 Å². The number of imidazole rings is 2. The monoisotopic (exact) mass is 662 g/mol. The lowest BCUT2D eigenvalue weighted by Crippen LogP contribution is -2.37. The van der Waals surface area contributed by atoms with Gasteiger partial charge in [0.15, 0.2) is 0 Å². The van der Waals surface area contributed by atoms with Crippen LogP contribution in [0.4, 0.5) is 21.0 Å². The molecule has 5 rings (SSSR count). The number of anilines is 2. The zero-order chi connectivity index (χ0) is 35.0. The Morgan fingerprint density at radius 1 is 0.667 bits per heavy atom. The summed E-state index contributed by atoms with van der Waals surface area (Å²) in [5.74, 6) is 0.518. The van der Waals surface area contributed by atoms with Crippen LogP contribution in [0.2, 0.25) is 0 Å². The van der Waals surface area contributed by atoms with Gasteiger partial charge in [-0.3, -0.25) is 19.4 Å². The van der Waals surface area contributed by atoms with E-state index in [1.54, 1.807) is 57.3 Å². The van der Waals surface area contributed by atoms with Gasteiger partial charge in [-0.1, -0.05) is 0 Å². The predicted octanol–water partition coefficient (Wildman–Crippen LogP) is 5.80. The van der Waals surface area contributed by atoms with Gasteiger partial charge in [-0.15, -0.1) is 0 Å². The Bertz CT molecular complexity index is 1560. The first-order valence-corrected chi connectivity index (χ1v) is 16.3. The number of amides is 4. The molecule has 2 unspecified atom stereocenters. The molecule has 4 heterocycles. The second-order valence-electron chi connectivity index (χ2n) is 14.3. The molecule has 2 N–H and O–H groups in total. The number of rotatable bonds is 6. The van der Waals surface area contributed by atoms with Gasteiger partial charge in [0.05, 0.1) is 24.5 Å². The van der Waals surface area contributed by atoms with E-state index in [0.29, 0.717) is 47.5 Å². The van der Waals surface area contributed by atoms with E-state index in [4.69, 9.17) is 9.47 Å².